The van der Waals surface area contributed by atoms with E-state index in [9.17, 15) is 18.0 Å². The molecule has 3 aromatic rings. The van der Waals surface area contributed by atoms with Crippen molar-refractivity contribution in [2.24, 2.45) is 0 Å². The van der Waals surface area contributed by atoms with Crippen LogP contribution in [0.3, 0.4) is 0 Å². The van der Waals surface area contributed by atoms with Gasteiger partial charge in [0.2, 0.25) is 0 Å². The quantitative estimate of drug-likeness (QED) is 0.789. The van der Waals surface area contributed by atoms with Crippen molar-refractivity contribution >= 4 is 27.5 Å². The number of hydrogen-bond donors (Lipinski definition) is 1. The number of carboxylic acids is 1. The molecule has 0 radical (unpaired) electrons. The molecule has 0 saturated carbocycles. The van der Waals surface area contributed by atoms with E-state index in [1.54, 1.807) is 11.4 Å². The molecule has 0 atom stereocenters. The second kappa shape index (κ2) is 4.55. The maximum absolute atomic E-state index is 12.9. The van der Waals surface area contributed by atoms with Crippen LogP contribution >= 0.6 is 11.3 Å². The molecule has 0 spiro atoms. The molecule has 0 aromatic carbocycles. The van der Waals surface area contributed by atoms with Crippen molar-refractivity contribution in [3.05, 3.63) is 41.3 Å². The SMILES string of the molecule is O=C(O)c1cn(-c2ncnc3sccc23)cc1C(F)(F)F. The predicted molar refractivity (Wildman–Crippen MR) is 68.7 cm³/mol. The van der Waals surface area contributed by atoms with Gasteiger partial charge in [0.05, 0.1) is 16.5 Å². The Bertz CT molecular complexity index is 838. The third kappa shape index (κ3) is 2.25. The maximum Gasteiger partial charge on any atom is 0.418 e. The minimum atomic E-state index is -4.75. The summed E-state index contributed by atoms with van der Waals surface area (Å²) in [5.74, 6) is -1.43. The second-order valence-electron chi connectivity index (χ2n) is 4.13. The molecule has 1 N–H and O–H groups in total. The highest BCUT2D eigenvalue weighted by Gasteiger charge is 2.37. The first-order valence-corrected chi connectivity index (χ1v) is 6.47. The van der Waals surface area contributed by atoms with E-state index in [1.807, 2.05) is 0 Å². The number of aromatic carboxylic acids is 1. The number of nitrogens with zero attached hydrogens (tertiary/aromatic N) is 3. The van der Waals surface area contributed by atoms with E-state index in [-0.39, 0.29) is 5.82 Å². The molecule has 3 rings (SSSR count). The normalized spacial score (nSPS) is 12.0. The van der Waals surface area contributed by atoms with Gasteiger partial charge in [-0.3, -0.25) is 0 Å². The lowest BCUT2D eigenvalue weighted by atomic mass is 10.2. The van der Waals surface area contributed by atoms with Crippen molar-refractivity contribution < 1.29 is 23.1 Å². The fourth-order valence-corrected chi connectivity index (χ4v) is 2.68. The molecule has 0 fully saturated rings. The molecular formula is C12H6F3N3O2S. The second-order valence-corrected chi connectivity index (χ2v) is 5.03. The maximum atomic E-state index is 12.9. The predicted octanol–water partition coefficient (Wildman–Crippen LogP) is 3.20. The molecule has 0 aliphatic carbocycles. The van der Waals surface area contributed by atoms with Crippen molar-refractivity contribution in [2.45, 2.75) is 6.18 Å². The summed E-state index contributed by atoms with van der Waals surface area (Å²) in [5.41, 5.74) is -2.03. The van der Waals surface area contributed by atoms with Crippen LogP contribution in [0, 0.1) is 0 Å². The Kier molecular flexibility index (Phi) is 2.94. The number of halogens is 3. The zero-order chi connectivity index (χ0) is 15.2. The zero-order valence-corrected chi connectivity index (χ0v) is 10.9. The van der Waals surface area contributed by atoms with Gasteiger partial charge in [-0.1, -0.05) is 0 Å². The Morgan fingerprint density at radius 1 is 1.29 bits per heavy atom. The summed E-state index contributed by atoms with van der Waals surface area (Å²) in [5, 5.41) is 11.2. The lowest BCUT2D eigenvalue weighted by molar-refractivity contribution is -0.138. The van der Waals surface area contributed by atoms with Crippen LogP contribution in [0.15, 0.2) is 30.2 Å². The minimum absolute atomic E-state index is 0.208. The fraction of sp³-hybridized carbons (Fsp3) is 0.0833. The van der Waals surface area contributed by atoms with Gasteiger partial charge < -0.3 is 9.67 Å². The number of hydrogen-bond acceptors (Lipinski definition) is 4. The van der Waals surface area contributed by atoms with Gasteiger partial charge in [-0.05, 0) is 11.4 Å². The van der Waals surface area contributed by atoms with Crippen molar-refractivity contribution in [1.29, 1.82) is 0 Å². The molecular weight excluding hydrogens is 307 g/mol. The summed E-state index contributed by atoms with van der Waals surface area (Å²) < 4.78 is 39.7. The number of rotatable bonds is 2. The van der Waals surface area contributed by atoms with Crippen LogP contribution in [-0.4, -0.2) is 25.6 Å². The number of thiophene rings is 1. The van der Waals surface area contributed by atoms with Gasteiger partial charge in [0.1, 0.15) is 17.0 Å². The van der Waals surface area contributed by atoms with Crippen LogP contribution < -0.4 is 0 Å². The van der Waals surface area contributed by atoms with Crippen LogP contribution in [0.5, 0.6) is 0 Å². The van der Waals surface area contributed by atoms with Gasteiger partial charge in [0, 0.05) is 12.4 Å². The van der Waals surface area contributed by atoms with E-state index >= 15 is 0 Å². The average Bonchev–Trinajstić information content (AvgIpc) is 3.04. The van der Waals surface area contributed by atoms with Crippen molar-refractivity contribution in [3.63, 3.8) is 0 Å². The average molecular weight is 313 g/mol. The lowest BCUT2D eigenvalue weighted by Gasteiger charge is -2.04. The Morgan fingerprint density at radius 3 is 2.67 bits per heavy atom. The Labute approximate surface area is 119 Å². The lowest BCUT2D eigenvalue weighted by Crippen LogP contribution is -2.09. The summed E-state index contributed by atoms with van der Waals surface area (Å²) in [6.07, 6.45) is -1.89. The topological polar surface area (TPSA) is 68.0 Å². The molecule has 3 heterocycles. The zero-order valence-electron chi connectivity index (χ0n) is 10.1. The molecule has 0 unspecified atom stereocenters. The van der Waals surface area contributed by atoms with E-state index in [0.717, 1.165) is 17.0 Å². The summed E-state index contributed by atoms with van der Waals surface area (Å²) in [7, 11) is 0. The highest BCUT2D eigenvalue weighted by atomic mass is 32.1. The Balaban J connectivity index is 2.24. The first kappa shape index (κ1) is 13.6. The molecule has 0 aliphatic rings. The van der Waals surface area contributed by atoms with Crippen molar-refractivity contribution in [1.82, 2.24) is 14.5 Å². The fourth-order valence-electron chi connectivity index (χ4n) is 1.96. The van der Waals surface area contributed by atoms with Gasteiger partial charge >= 0.3 is 12.1 Å². The first-order chi connectivity index (χ1) is 9.88. The third-order valence-corrected chi connectivity index (χ3v) is 3.67. The summed E-state index contributed by atoms with van der Waals surface area (Å²) in [4.78, 5) is 19.5. The van der Waals surface area contributed by atoms with Crippen LogP contribution in [0.1, 0.15) is 15.9 Å². The van der Waals surface area contributed by atoms with Crippen LogP contribution in [0.25, 0.3) is 16.0 Å². The van der Waals surface area contributed by atoms with Gasteiger partial charge in [0.25, 0.3) is 0 Å². The summed E-state index contributed by atoms with van der Waals surface area (Å²) in [6, 6.07) is 1.67. The van der Waals surface area contributed by atoms with Crippen LogP contribution in [0.2, 0.25) is 0 Å². The number of aromatic nitrogens is 3. The minimum Gasteiger partial charge on any atom is -0.478 e. The Hall–Kier alpha value is -2.42. The standard InChI is InChI=1S/C12H6F3N3O2S/c13-12(14,15)8-4-18(3-7(8)11(19)20)9-6-1-2-21-10(6)17-5-16-9/h1-5H,(H,19,20). The van der Waals surface area contributed by atoms with Gasteiger partial charge in [-0.15, -0.1) is 11.3 Å². The van der Waals surface area contributed by atoms with Gasteiger partial charge in [-0.25, -0.2) is 14.8 Å². The van der Waals surface area contributed by atoms with Gasteiger partial charge in [-0.2, -0.15) is 13.2 Å². The van der Waals surface area contributed by atoms with Crippen LogP contribution in [-0.2, 0) is 6.18 Å². The third-order valence-electron chi connectivity index (χ3n) is 2.85. The number of alkyl halides is 3. The van der Waals surface area contributed by atoms with E-state index in [0.29, 0.717) is 10.2 Å². The monoisotopic (exact) mass is 313 g/mol. The van der Waals surface area contributed by atoms with E-state index in [1.165, 1.54) is 17.7 Å². The molecule has 0 amide bonds. The van der Waals surface area contributed by atoms with Crippen LogP contribution in [0.4, 0.5) is 13.2 Å². The molecule has 108 valence electrons. The highest BCUT2D eigenvalue weighted by Crippen LogP contribution is 2.34. The van der Waals surface area contributed by atoms with E-state index in [4.69, 9.17) is 5.11 Å². The molecule has 0 bridgehead atoms. The van der Waals surface area contributed by atoms with E-state index in [2.05, 4.69) is 9.97 Å². The number of carbonyl (C=O) groups is 1. The smallest absolute Gasteiger partial charge is 0.418 e. The van der Waals surface area contributed by atoms with E-state index < -0.39 is 23.3 Å². The number of fused-ring (bicyclic) bond motifs is 1. The molecule has 0 saturated heterocycles. The first-order valence-electron chi connectivity index (χ1n) is 5.59. The molecule has 3 aromatic heterocycles. The molecule has 21 heavy (non-hydrogen) atoms. The Morgan fingerprint density at radius 2 is 2.05 bits per heavy atom. The van der Waals surface area contributed by atoms with Crippen molar-refractivity contribution in [2.75, 3.05) is 0 Å². The molecule has 9 heteroatoms. The number of carboxylic acid groups (broad SMARTS) is 1. The largest absolute Gasteiger partial charge is 0.478 e. The highest BCUT2D eigenvalue weighted by molar-refractivity contribution is 7.16. The molecule has 5 nitrogen and oxygen atoms in total. The summed E-state index contributed by atoms with van der Waals surface area (Å²) >= 11 is 1.32. The summed E-state index contributed by atoms with van der Waals surface area (Å²) in [6.45, 7) is 0. The molecule has 0 aliphatic heterocycles. The van der Waals surface area contributed by atoms with Crippen molar-refractivity contribution in [3.8, 4) is 5.82 Å². The van der Waals surface area contributed by atoms with Gasteiger partial charge in [0.15, 0.2) is 0 Å².